The van der Waals surface area contributed by atoms with Crippen LogP contribution in [0, 0.1) is 0 Å². The highest BCUT2D eigenvalue weighted by molar-refractivity contribution is 7.94. The molecule has 24 heavy (non-hydrogen) atoms. The number of halogens is 1. The molecule has 0 radical (unpaired) electrons. The zero-order chi connectivity index (χ0) is 17.5. The minimum atomic E-state index is -3.61. The SMILES string of the molecule is COC1=CS(=O)(=O)c2cc(NC(=O)c3cc(Cl)ccc3O)ccc21. The second-order valence-electron chi connectivity index (χ2n) is 5.06. The first-order valence-corrected chi connectivity index (χ1v) is 8.69. The maximum absolute atomic E-state index is 12.3. The molecule has 0 unspecified atom stereocenters. The fourth-order valence-electron chi connectivity index (χ4n) is 2.35. The molecule has 0 fully saturated rings. The standard InChI is InChI=1S/C16H12ClNO5S/c1-23-14-8-24(21,22)15-7-10(3-4-11(14)15)18-16(20)12-6-9(17)2-5-13(12)19/h2-8,19H,1H3,(H,18,20). The molecular weight excluding hydrogens is 354 g/mol. The average molecular weight is 366 g/mol. The van der Waals surface area contributed by atoms with E-state index in [4.69, 9.17) is 16.3 Å². The summed E-state index contributed by atoms with van der Waals surface area (Å²) in [5.41, 5.74) is 0.690. The highest BCUT2D eigenvalue weighted by Crippen LogP contribution is 2.35. The molecule has 2 aromatic rings. The van der Waals surface area contributed by atoms with Crippen LogP contribution in [-0.2, 0) is 14.6 Å². The largest absolute Gasteiger partial charge is 0.507 e. The van der Waals surface area contributed by atoms with Crippen molar-refractivity contribution in [2.45, 2.75) is 4.90 Å². The number of sulfone groups is 1. The number of anilines is 1. The quantitative estimate of drug-likeness (QED) is 0.872. The summed E-state index contributed by atoms with van der Waals surface area (Å²) in [7, 11) is -2.23. The van der Waals surface area contributed by atoms with Crippen molar-refractivity contribution in [3.63, 3.8) is 0 Å². The van der Waals surface area contributed by atoms with Crippen molar-refractivity contribution in [3.8, 4) is 5.75 Å². The van der Waals surface area contributed by atoms with Crippen LogP contribution in [0.5, 0.6) is 5.75 Å². The van der Waals surface area contributed by atoms with Crippen LogP contribution in [0.15, 0.2) is 46.7 Å². The second kappa shape index (κ2) is 5.85. The number of phenols is 1. The van der Waals surface area contributed by atoms with Gasteiger partial charge in [0.2, 0.25) is 9.84 Å². The molecule has 0 aliphatic carbocycles. The molecule has 2 aromatic carbocycles. The predicted octanol–water partition coefficient (Wildman–Crippen LogP) is 3.03. The van der Waals surface area contributed by atoms with Gasteiger partial charge in [0.1, 0.15) is 11.5 Å². The fourth-order valence-corrected chi connectivity index (χ4v) is 3.92. The highest BCUT2D eigenvalue weighted by Gasteiger charge is 2.28. The number of carbonyl (C=O) groups excluding carboxylic acids is 1. The first-order chi connectivity index (χ1) is 11.3. The van der Waals surface area contributed by atoms with Crippen molar-refractivity contribution >= 4 is 38.8 Å². The molecule has 0 saturated carbocycles. The molecule has 0 bridgehead atoms. The van der Waals surface area contributed by atoms with E-state index in [0.29, 0.717) is 10.6 Å². The van der Waals surface area contributed by atoms with Gasteiger partial charge in [-0.2, -0.15) is 0 Å². The Kier molecular flexibility index (Phi) is 3.98. The number of benzene rings is 2. The van der Waals surface area contributed by atoms with E-state index in [9.17, 15) is 18.3 Å². The Morgan fingerprint density at radius 3 is 2.67 bits per heavy atom. The summed E-state index contributed by atoms with van der Waals surface area (Å²) >= 11 is 5.82. The number of ether oxygens (including phenoxy) is 1. The smallest absolute Gasteiger partial charge is 0.259 e. The van der Waals surface area contributed by atoms with Crippen molar-refractivity contribution < 1.29 is 23.1 Å². The third-order valence-electron chi connectivity index (χ3n) is 3.50. The van der Waals surface area contributed by atoms with Gasteiger partial charge in [-0.3, -0.25) is 4.79 Å². The van der Waals surface area contributed by atoms with Gasteiger partial charge < -0.3 is 15.2 Å². The molecule has 0 aromatic heterocycles. The maximum Gasteiger partial charge on any atom is 0.259 e. The van der Waals surface area contributed by atoms with Crippen molar-refractivity contribution in [2.75, 3.05) is 12.4 Å². The Labute approximate surface area is 143 Å². The van der Waals surface area contributed by atoms with E-state index < -0.39 is 15.7 Å². The topological polar surface area (TPSA) is 92.7 Å². The Bertz CT molecular complexity index is 982. The average Bonchev–Trinajstić information content (AvgIpc) is 2.80. The van der Waals surface area contributed by atoms with Crippen LogP contribution >= 0.6 is 11.6 Å². The van der Waals surface area contributed by atoms with E-state index in [2.05, 4.69) is 5.32 Å². The normalized spacial score (nSPS) is 14.7. The van der Waals surface area contributed by atoms with Crippen LogP contribution in [0.2, 0.25) is 5.02 Å². The second-order valence-corrected chi connectivity index (χ2v) is 7.26. The summed E-state index contributed by atoms with van der Waals surface area (Å²) in [5.74, 6) is -0.588. The lowest BCUT2D eigenvalue weighted by molar-refractivity contribution is 0.102. The molecule has 3 rings (SSSR count). The monoisotopic (exact) mass is 365 g/mol. The van der Waals surface area contributed by atoms with Gasteiger partial charge in [0, 0.05) is 16.3 Å². The molecule has 1 aliphatic rings. The fraction of sp³-hybridized carbons (Fsp3) is 0.0625. The Balaban J connectivity index is 1.94. The molecule has 2 N–H and O–H groups in total. The van der Waals surface area contributed by atoms with E-state index >= 15 is 0 Å². The van der Waals surface area contributed by atoms with Crippen LogP contribution in [0.1, 0.15) is 15.9 Å². The Hall–Kier alpha value is -2.51. The molecule has 6 nitrogen and oxygen atoms in total. The number of aromatic hydroxyl groups is 1. The van der Waals surface area contributed by atoms with Crippen LogP contribution in [0.4, 0.5) is 5.69 Å². The van der Waals surface area contributed by atoms with E-state index in [1.165, 1.54) is 31.4 Å². The van der Waals surface area contributed by atoms with Crippen LogP contribution < -0.4 is 5.32 Å². The first-order valence-electron chi connectivity index (χ1n) is 6.77. The van der Waals surface area contributed by atoms with Gasteiger partial charge in [-0.25, -0.2) is 8.42 Å². The number of phenolic OH excluding ortho intramolecular Hbond substituents is 1. The summed E-state index contributed by atoms with van der Waals surface area (Å²) in [6, 6.07) is 8.51. The molecule has 8 heteroatoms. The van der Waals surface area contributed by atoms with Crippen LogP contribution in [-0.4, -0.2) is 26.5 Å². The molecule has 0 saturated heterocycles. The van der Waals surface area contributed by atoms with Crippen molar-refractivity contribution in [1.82, 2.24) is 0 Å². The number of rotatable bonds is 3. The van der Waals surface area contributed by atoms with E-state index in [1.807, 2.05) is 0 Å². The summed E-state index contributed by atoms with van der Waals surface area (Å²) < 4.78 is 29.2. The number of hydrogen-bond donors (Lipinski definition) is 2. The summed E-state index contributed by atoms with van der Waals surface area (Å²) in [6.45, 7) is 0. The van der Waals surface area contributed by atoms with Gasteiger partial charge in [0.15, 0.2) is 0 Å². The number of hydrogen-bond acceptors (Lipinski definition) is 5. The minimum absolute atomic E-state index is 0.0124. The van der Waals surface area contributed by atoms with Crippen molar-refractivity contribution in [2.24, 2.45) is 0 Å². The highest BCUT2D eigenvalue weighted by atomic mass is 35.5. The minimum Gasteiger partial charge on any atom is -0.507 e. The van der Waals surface area contributed by atoms with Gasteiger partial charge in [-0.1, -0.05) is 11.6 Å². The maximum atomic E-state index is 12.3. The summed E-state index contributed by atoms with van der Waals surface area (Å²) in [6.07, 6.45) is 0. The third kappa shape index (κ3) is 2.83. The molecule has 1 aliphatic heterocycles. The van der Waals surface area contributed by atoms with Crippen LogP contribution in [0.25, 0.3) is 5.76 Å². The number of carbonyl (C=O) groups is 1. The van der Waals surface area contributed by atoms with Gasteiger partial charge in [0.25, 0.3) is 5.91 Å². The zero-order valence-electron chi connectivity index (χ0n) is 12.4. The molecular formula is C16H12ClNO5S. The molecule has 124 valence electrons. The van der Waals surface area contributed by atoms with Gasteiger partial charge >= 0.3 is 0 Å². The molecule has 1 amide bonds. The van der Waals surface area contributed by atoms with Gasteiger partial charge in [-0.15, -0.1) is 0 Å². The third-order valence-corrected chi connectivity index (χ3v) is 5.21. The lowest BCUT2D eigenvalue weighted by Crippen LogP contribution is -2.12. The lowest BCUT2D eigenvalue weighted by Gasteiger charge is -2.09. The Morgan fingerprint density at radius 1 is 1.21 bits per heavy atom. The first kappa shape index (κ1) is 16.4. The number of amides is 1. The molecule has 1 heterocycles. The van der Waals surface area contributed by atoms with Gasteiger partial charge in [0.05, 0.1) is 23.0 Å². The predicted molar refractivity (Wildman–Crippen MR) is 89.7 cm³/mol. The van der Waals surface area contributed by atoms with Crippen molar-refractivity contribution in [3.05, 3.63) is 58.0 Å². The molecule has 0 atom stereocenters. The summed E-state index contributed by atoms with van der Waals surface area (Å²) in [5, 5.41) is 13.6. The number of methoxy groups -OCH3 is 1. The lowest BCUT2D eigenvalue weighted by atomic mass is 10.1. The van der Waals surface area contributed by atoms with E-state index in [1.54, 1.807) is 12.1 Å². The van der Waals surface area contributed by atoms with Crippen molar-refractivity contribution in [1.29, 1.82) is 0 Å². The van der Waals surface area contributed by atoms with E-state index in [0.717, 1.165) is 5.41 Å². The number of nitrogens with one attached hydrogen (secondary N) is 1. The summed E-state index contributed by atoms with van der Waals surface area (Å²) in [4.78, 5) is 12.3. The van der Waals surface area contributed by atoms with E-state index in [-0.39, 0.29) is 27.7 Å². The number of fused-ring (bicyclic) bond motifs is 1. The van der Waals surface area contributed by atoms with Gasteiger partial charge in [-0.05, 0) is 36.4 Å². The Morgan fingerprint density at radius 2 is 1.96 bits per heavy atom. The molecule has 0 spiro atoms. The van der Waals surface area contributed by atoms with Crippen LogP contribution in [0.3, 0.4) is 0 Å². The zero-order valence-corrected chi connectivity index (χ0v) is 14.0.